The van der Waals surface area contributed by atoms with Gasteiger partial charge in [0, 0.05) is 12.1 Å². The Morgan fingerprint density at radius 3 is 2.85 bits per heavy atom. The van der Waals surface area contributed by atoms with Crippen molar-refractivity contribution in [1.82, 2.24) is 4.90 Å². The molecule has 1 aliphatic rings. The van der Waals surface area contributed by atoms with E-state index in [-0.39, 0.29) is 0 Å². The molecule has 0 bridgehead atoms. The molecule has 0 unspecified atom stereocenters. The van der Waals surface area contributed by atoms with Gasteiger partial charge < -0.3 is 9.15 Å². The zero-order valence-electron chi connectivity index (χ0n) is 11.1. The van der Waals surface area contributed by atoms with Crippen molar-refractivity contribution in [2.75, 3.05) is 6.73 Å². The van der Waals surface area contributed by atoms with Gasteiger partial charge in [-0.15, -0.1) is 0 Å². The van der Waals surface area contributed by atoms with Crippen LogP contribution in [0.25, 0.3) is 10.8 Å². The Labute approximate surface area is 117 Å². The number of fused-ring (bicyclic) bond motifs is 3. The van der Waals surface area contributed by atoms with Gasteiger partial charge in [0.05, 0.1) is 12.8 Å². The first-order valence-corrected chi connectivity index (χ1v) is 6.78. The Hall–Kier alpha value is -2.26. The standard InChI is InChI=1S/C17H15NO2/c1-2-6-15-13(4-1)7-8-17-16(15)11-18(12-20-17)10-14-5-3-9-19-14/h1-9H,10-12H2. The number of hydrogen-bond acceptors (Lipinski definition) is 3. The predicted molar refractivity (Wildman–Crippen MR) is 77.4 cm³/mol. The highest BCUT2D eigenvalue weighted by Crippen LogP contribution is 2.32. The second-order valence-electron chi connectivity index (χ2n) is 5.10. The fraction of sp³-hybridized carbons (Fsp3) is 0.176. The fourth-order valence-electron chi connectivity index (χ4n) is 2.77. The minimum Gasteiger partial charge on any atom is -0.478 e. The van der Waals surface area contributed by atoms with E-state index in [1.54, 1.807) is 6.26 Å². The molecule has 0 spiro atoms. The van der Waals surface area contributed by atoms with Crippen molar-refractivity contribution in [3.63, 3.8) is 0 Å². The van der Waals surface area contributed by atoms with Gasteiger partial charge in [-0.3, -0.25) is 4.90 Å². The maximum absolute atomic E-state index is 5.88. The number of ether oxygens (including phenoxy) is 1. The van der Waals surface area contributed by atoms with Crippen LogP contribution in [-0.2, 0) is 13.1 Å². The Bertz CT molecular complexity index is 734. The van der Waals surface area contributed by atoms with Gasteiger partial charge >= 0.3 is 0 Å². The third kappa shape index (κ3) is 1.96. The third-order valence-corrected chi connectivity index (χ3v) is 3.74. The van der Waals surface area contributed by atoms with E-state index < -0.39 is 0 Å². The molecule has 0 fully saturated rings. The number of benzene rings is 2. The maximum atomic E-state index is 5.88. The molecule has 2 heterocycles. The van der Waals surface area contributed by atoms with Crippen molar-refractivity contribution >= 4 is 10.8 Å². The lowest BCUT2D eigenvalue weighted by Gasteiger charge is -2.29. The van der Waals surface area contributed by atoms with Gasteiger partial charge in [0.1, 0.15) is 18.2 Å². The van der Waals surface area contributed by atoms with Crippen LogP contribution >= 0.6 is 0 Å². The smallest absolute Gasteiger partial charge is 0.142 e. The van der Waals surface area contributed by atoms with E-state index in [2.05, 4.69) is 41.3 Å². The molecular formula is C17H15NO2. The molecule has 0 radical (unpaired) electrons. The van der Waals surface area contributed by atoms with Crippen molar-refractivity contribution in [2.45, 2.75) is 13.1 Å². The number of rotatable bonds is 2. The van der Waals surface area contributed by atoms with Crippen molar-refractivity contribution < 1.29 is 9.15 Å². The molecule has 0 aliphatic carbocycles. The molecule has 3 nitrogen and oxygen atoms in total. The maximum Gasteiger partial charge on any atom is 0.142 e. The van der Waals surface area contributed by atoms with Crippen molar-refractivity contribution in [3.05, 3.63) is 66.1 Å². The van der Waals surface area contributed by atoms with Gasteiger partial charge in [-0.25, -0.2) is 0 Å². The zero-order valence-corrected chi connectivity index (χ0v) is 11.1. The molecule has 4 rings (SSSR count). The Morgan fingerprint density at radius 1 is 1.00 bits per heavy atom. The Morgan fingerprint density at radius 2 is 1.95 bits per heavy atom. The van der Waals surface area contributed by atoms with Crippen molar-refractivity contribution in [1.29, 1.82) is 0 Å². The minimum atomic E-state index is 0.603. The second kappa shape index (κ2) is 4.69. The van der Waals surface area contributed by atoms with Crippen LogP contribution in [0.2, 0.25) is 0 Å². The normalized spacial score (nSPS) is 15.0. The SMILES string of the molecule is c1coc(CN2COc3ccc4ccccc4c3C2)c1. The topological polar surface area (TPSA) is 25.6 Å². The van der Waals surface area contributed by atoms with Crippen LogP contribution in [0, 0.1) is 0 Å². The monoisotopic (exact) mass is 265 g/mol. The molecule has 1 aromatic heterocycles. The quantitative estimate of drug-likeness (QED) is 0.705. The Kier molecular flexibility index (Phi) is 2.71. The van der Waals surface area contributed by atoms with Gasteiger partial charge in [0.25, 0.3) is 0 Å². The first kappa shape index (κ1) is 11.6. The molecule has 1 aliphatic heterocycles. The van der Waals surface area contributed by atoms with E-state index in [9.17, 15) is 0 Å². The summed E-state index contributed by atoms with van der Waals surface area (Å²) in [6, 6.07) is 16.6. The minimum absolute atomic E-state index is 0.603. The highest BCUT2D eigenvalue weighted by molar-refractivity contribution is 5.87. The highest BCUT2D eigenvalue weighted by Gasteiger charge is 2.20. The summed E-state index contributed by atoms with van der Waals surface area (Å²) in [6.45, 7) is 2.26. The molecule has 100 valence electrons. The van der Waals surface area contributed by atoms with Gasteiger partial charge in [-0.2, -0.15) is 0 Å². The van der Waals surface area contributed by atoms with E-state index in [4.69, 9.17) is 9.15 Å². The summed E-state index contributed by atoms with van der Waals surface area (Å²) in [5.41, 5.74) is 1.26. The molecule has 0 amide bonds. The van der Waals surface area contributed by atoms with Gasteiger partial charge in [-0.05, 0) is 29.0 Å². The molecule has 0 saturated heterocycles. The van der Waals surface area contributed by atoms with Crippen LogP contribution in [-0.4, -0.2) is 11.6 Å². The van der Waals surface area contributed by atoms with E-state index in [1.807, 2.05) is 12.1 Å². The summed E-state index contributed by atoms with van der Waals surface area (Å²) in [7, 11) is 0. The number of hydrogen-bond donors (Lipinski definition) is 0. The van der Waals surface area contributed by atoms with Crippen LogP contribution in [0.1, 0.15) is 11.3 Å². The molecular weight excluding hydrogens is 250 g/mol. The van der Waals surface area contributed by atoms with E-state index in [0.717, 1.165) is 24.6 Å². The van der Waals surface area contributed by atoms with Crippen molar-refractivity contribution in [2.24, 2.45) is 0 Å². The second-order valence-corrected chi connectivity index (χ2v) is 5.10. The average Bonchev–Trinajstić information content (AvgIpc) is 3.00. The average molecular weight is 265 g/mol. The summed E-state index contributed by atoms with van der Waals surface area (Å²) < 4.78 is 11.3. The number of furan rings is 1. The van der Waals surface area contributed by atoms with E-state index >= 15 is 0 Å². The molecule has 0 atom stereocenters. The summed E-state index contributed by atoms with van der Waals surface area (Å²) in [6.07, 6.45) is 1.71. The first-order valence-electron chi connectivity index (χ1n) is 6.78. The number of nitrogens with zero attached hydrogens (tertiary/aromatic N) is 1. The molecule has 0 N–H and O–H groups in total. The lowest BCUT2D eigenvalue weighted by atomic mass is 10.0. The molecule has 3 aromatic rings. The van der Waals surface area contributed by atoms with Gasteiger partial charge in [0.15, 0.2) is 0 Å². The lowest BCUT2D eigenvalue weighted by molar-refractivity contribution is 0.0833. The Balaban J connectivity index is 1.69. The lowest BCUT2D eigenvalue weighted by Crippen LogP contribution is -2.31. The molecule has 0 saturated carbocycles. The van der Waals surface area contributed by atoms with Crippen LogP contribution in [0.15, 0.2) is 59.2 Å². The molecule has 3 heteroatoms. The van der Waals surface area contributed by atoms with E-state index in [1.165, 1.54) is 16.3 Å². The van der Waals surface area contributed by atoms with Crippen molar-refractivity contribution in [3.8, 4) is 5.75 Å². The van der Waals surface area contributed by atoms with Gasteiger partial charge in [-0.1, -0.05) is 30.3 Å². The predicted octanol–water partition coefficient (Wildman–Crippen LogP) is 3.78. The summed E-state index contributed by atoms with van der Waals surface area (Å²) in [4.78, 5) is 2.24. The van der Waals surface area contributed by atoms with Crippen LogP contribution in [0.4, 0.5) is 0 Å². The fourth-order valence-corrected chi connectivity index (χ4v) is 2.77. The highest BCUT2D eigenvalue weighted by atomic mass is 16.5. The van der Waals surface area contributed by atoms with Gasteiger partial charge in [0.2, 0.25) is 0 Å². The summed E-state index contributed by atoms with van der Waals surface area (Å²) in [5.74, 6) is 1.97. The van der Waals surface area contributed by atoms with Crippen LogP contribution in [0.5, 0.6) is 5.75 Å². The van der Waals surface area contributed by atoms with E-state index in [0.29, 0.717) is 6.73 Å². The largest absolute Gasteiger partial charge is 0.478 e. The zero-order chi connectivity index (χ0) is 13.4. The summed E-state index contributed by atoms with van der Waals surface area (Å²) >= 11 is 0. The molecule has 20 heavy (non-hydrogen) atoms. The van der Waals surface area contributed by atoms with Crippen LogP contribution in [0.3, 0.4) is 0 Å². The summed E-state index contributed by atoms with van der Waals surface area (Å²) in [5, 5.41) is 2.53. The van der Waals surface area contributed by atoms with Crippen LogP contribution < -0.4 is 4.74 Å². The first-order chi connectivity index (χ1) is 9.90. The molecule has 2 aromatic carbocycles. The third-order valence-electron chi connectivity index (χ3n) is 3.74.